The summed E-state index contributed by atoms with van der Waals surface area (Å²) in [6.45, 7) is 4.14. The zero-order chi connectivity index (χ0) is 23.8. The van der Waals surface area contributed by atoms with Gasteiger partial charge in [-0.1, -0.05) is 23.7 Å². The lowest BCUT2D eigenvalue weighted by atomic mass is 10.1. The van der Waals surface area contributed by atoms with Gasteiger partial charge in [0.05, 0.1) is 24.5 Å². The summed E-state index contributed by atoms with van der Waals surface area (Å²) in [4.78, 5) is 24.2. The average molecular weight is 469 g/mol. The van der Waals surface area contributed by atoms with Gasteiger partial charge in [-0.3, -0.25) is 9.59 Å². The Hall–Kier alpha value is -3.71. The van der Waals surface area contributed by atoms with Gasteiger partial charge in [-0.2, -0.15) is 0 Å². The Bertz CT molecular complexity index is 1120. The molecular weight excluding hydrogens is 444 g/mol. The summed E-state index contributed by atoms with van der Waals surface area (Å²) in [5.74, 6) is 0.615. The van der Waals surface area contributed by atoms with Crippen LogP contribution in [0.15, 0.2) is 65.3 Å². The number of halogens is 1. The second-order valence-electron chi connectivity index (χ2n) is 7.38. The molecule has 0 atom stereocenters. The molecule has 0 aliphatic rings. The van der Waals surface area contributed by atoms with Crippen molar-refractivity contribution in [2.75, 3.05) is 12.4 Å². The molecule has 2 aromatic carbocycles. The van der Waals surface area contributed by atoms with E-state index in [-0.39, 0.29) is 23.7 Å². The minimum absolute atomic E-state index is 0.0510. The normalized spacial score (nSPS) is 10.9. The number of carbonyl (C=O) groups excluding carboxylic acids is 2. The van der Waals surface area contributed by atoms with Crippen molar-refractivity contribution in [2.24, 2.45) is 0 Å². The Morgan fingerprint density at radius 3 is 2.55 bits per heavy atom. The molecule has 8 heteroatoms. The molecule has 2 amide bonds. The fourth-order valence-corrected chi connectivity index (χ4v) is 3.18. The van der Waals surface area contributed by atoms with Gasteiger partial charge in [-0.15, -0.1) is 0 Å². The molecule has 33 heavy (non-hydrogen) atoms. The maximum atomic E-state index is 12.2. The third-order valence-corrected chi connectivity index (χ3v) is 4.74. The first-order valence-electron chi connectivity index (χ1n) is 10.3. The van der Waals surface area contributed by atoms with Crippen molar-refractivity contribution < 1.29 is 23.5 Å². The van der Waals surface area contributed by atoms with Gasteiger partial charge in [-0.25, -0.2) is 0 Å². The van der Waals surface area contributed by atoms with E-state index in [1.54, 1.807) is 42.5 Å². The standard InChI is InChI=1S/C25H25ClN2O5/c1-16(2)33-24-20(26)13-18(14-22(24)31-3)8-11-23(29)27-15-17-6-9-19(10-7-17)28-25(30)21-5-4-12-32-21/h4-14,16H,15H2,1-3H3,(H,27,29)(H,28,30)/b11-8+. The fraction of sp³-hybridized carbons (Fsp3) is 0.200. The minimum atomic E-state index is -0.327. The Balaban J connectivity index is 1.54. The van der Waals surface area contributed by atoms with E-state index in [1.165, 1.54) is 19.4 Å². The number of methoxy groups -OCH3 is 1. The number of furan rings is 1. The van der Waals surface area contributed by atoms with Crippen LogP contribution in [0.4, 0.5) is 5.69 Å². The lowest BCUT2D eigenvalue weighted by Gasteiger charge is -2.15. The summed E-state index contributed by atoms with van der Waals surface area (Å²) in [7, 11) is 1.53. The second kappa shape index (κ2) is 11.2. The highest BCUT2D eigenvalue weighted by Gasteiger charge is 2.13. The van der Waals surface area contributed by atoms with E-state index in [1.807, 2.05) is 26.0 Å². The van der Waals surface area contributed by atoms with Gasteiger partial charge >= 0.3 is 0 Å². The molecule has 0 saturated heterocycles. The van der Waals surface area contributed by atoms with Crippen LogP contribution in [0.1, 0.15) is 35.5 Å². The molecule has 1 heterocycles. The number of anilines is 1. The van der Waals surface area contributed by atoms with Crippen molar-refractivity contribution in [3.63, 3.8) is 0 Å². The monoisotopic (exact) mass is 468 g/mol. The van der Waals surface area contributed by atoms with Crippen LogP contribution in [0.3, 0.4) is 0 Å². The van der Waals surface area contributed by atoms with Gasteiger partial charge in [0.1, 0.15) is 0 Å². The fourth-order valence-electron chi connectivity index (χ4n) is 2.91. The summed E-state index contributed by atoms with van der Waals surface area (Å²) >= 11 is 6.32. The molecule has 1 aromatic heterocycles. The van der Waals surface area contributed by atoms with E-state index < -0.39 is 0 Å². The smallest absolute Gasteiger partial charge is 0.291 e. The first-order chi connectivity index (χ1) is 15.9. The average Bonchev–Trinajstić information content (AvgIpc) is 3.33. The Morgan fingerprint density at radius 2 is 1.91 bits per heavy atom. The number of ether oxygens (including phenoxy) is 2. The van der Waals surface area contributed by atoms with Crippen LogP contribution >= 0.6 is 11.6 Å². The summed E-state index contributed by atoms with van der Waals surface area (Å²) in [5, 5.41) is 5.96. The van der Waals surface area contributed by atoms with Gasteiger partial charge in [0.2, 0.25) is 5.91 Å². The summed E-state index contributed by atoms with van der Waals surface area (Å²) in [6.07, 6.45) is 4.46. The van der Waals surface area contributed by atoms with Crippen LogP contribution in [0, 0.1) is 0 Å². The molecule has 0 saturated carbocycles. The lowest BCUT2D eigenvalue weighted by Crippen LogP contribution is -2.20. The second-order valence-corrected chi connectivity index (χ2v) is 7.79. The molecule has 172 valence electrons. The number of hydrogen-bond donors (Lipinski definition) is 2. The number of nitrogens with one attached hydrogen (secondary N) is 2. The summed E-state index contributed by atoms with van der Waals surface area (Å²) < 4.78 is 16.1. The maximum Gasteiger partial charge on any atom is 0.291 e. The highest BCUT2D eigenvalue weighted by Crippen LogP contribution is 2.37. The van der Waals surface area contributed by atoms with Crippen molar-refractivity contribution in [1.82, 2.24) is 5.32 Å². The Kier molecular flexibility index (Phi) is 8.16. The van der Waals surface area contributed by atoms with Crippen LogP contribution in [0.25, 0.3) is 6.08 Å². The topological polar surface area (TPSA) is 89.8 Å². The summed E-state index contributed by atoms with van der Waals surface area (Å²) in [6, 6.07) is 13.9. The molecule has 2 N–H and O–H groups in total. The van der Waals surface area contributed by atoms with Crippen molar-refractivity contribution in [3.05, 3.63) is 82.8 Å². The van der Waals surface area contributed by atoms with Crippen molar-refractivity contribution in [1.29, 1.82) is 0 Å². The SMILES string of the molecule is COc1cc(/C=C/C(=O)NCc2ccc(NC(=O)c3ccco3)cc2)cc(Cl)c1OC(C)C. The zero-order valence-electron chi connectivity index (χ0n) is 18.6. The van der Waals surface area contributed by atoms with Crippen LogP contribution in [0.2, 0.25) is 5.02 Å². The highest BCUT2D eigenvalue weighted by atomic mass is 35.5. The molecule has 3 aromatic rings. The van der Waals surface area contributed by atoms with Gasteiger partial charge < -0.3 is 24.5 Å². The summed E-state index contributed by atoms with van der Waals surface area (Å²) in [5.41, 5.74) is 2.22. The molecule has 0 spiro atoms. The van der Waals surface area contributed by atoms with E-state index in [2.05, 4.69) is 10.6 Å². The maximum absolute atomic E-state index is 12.2. The van der Waals surface area contributed by atoms with Gasteiger partial charge in [0, 0.05) is 18.3 Å². The number of hydrogen-bond acceptors (Lipinski definition) is 5. The van der Waals surface area contributed by atoms with E-state index in [4.69, 9.17) is 25.5 Å². The minimum Gasteiger partial charge on any atom is -0.493 e. The van der Waals surface area contributed by atoms with Crippen LogP contribution in [-0.2, 0) is 11.3 Å². The molecule has 0 aliphatic heterocycles. The highest BCUT2D eigenvalue weighted by molar-refractivity contribution is 6.32. The van der Waals surface area contributed by atoms with Crippen LogP contribution in [-0.4, -0.2) is 25.0 Å². The Labute approximate surface area is 197 Å². The predicted molar refractivity (Wildman–Crippen MR) is 128 cm³/mol. The molecule has 0 fully saturated rings. The lowest BCUT2D eigenvalue weighted by molar-refractivity contribution is -0.116. The van der Waals surface area contributed by atoms with E-state index in [0.29, 0.717) is 34.3 Å². The predicted octanol–water partition coefficient (Wildman–Crippen LogP) is 5.31. The molecule has 7 nitrogen and oxygen atoms in total. The van der Waals surface area contributed by atoms with Gasteiger partial charge in [-0.05, 0) is 67.4 Å². The largest absolute Gasteiger partial charge is 0.493 e. The van der Waals surface area contributed by atoms with E-state index >= 15 is 0 Å². The van der Waals surface area contributed by atoms with E-state index in [0.717, 1.165) is 5.56 Å². The van der Waals surface area contributed by atoms with E-state index in [9.17, 15) is 9.59 Å². The van der Waals surface area contributed by atoms with Crippen LogP contribution in [0.5, 0.6) is 11.5 Å². The van der Waals surface area contributed by atoms with Crippen molar-refractivity contribution >= 4 is 35.2 Å². The molecule has 0 bridgehead atoms. The molecule has 0 unspecified atom stereocenters. The number of rotatable bonds is 9. The number of carbonyl (C=O) groups is 2. The van der Waals surface area contributed by atoms with Gasteiger partial charge in [0.15, 0.2) is 17.3 Å². The molecule has 0 radical (unpaired) electrons. The third-order valence-electron chi connectivity index (χ3n) is 4.46. The quantitative estimate of drug-likeness (QED) is 0.415. The zero-order valence-corrected chi connectivity index (χ0v) is 19.3. The molecule has 3 rings (SSSR count). The Morgan fingerprint density at radius 1 is 1.15 bits per heavy atom. The number of benzene rings is 2. The van der Waals surface area contributed by atoms with Crippen molar-refractivity contribution in [3.8, 4) is 11.5 Å². The van der Waals surface area contributed by atoms with Crippen molar-refractivity contribution in [2.45, 2.75) is 26.5 Å². The van der Waals surface area contributed by atoms with Gasteiger partial charge in [0.25, 0.3) is 5.91 Å². The molecular formula is C25H25ClN2O5. The third kappa shape index (κ3) is 6.89. The van der Waals surface area contributed by atoms with Crippen LogP contribution < -0.4 is 20.1 Å². The first kappa shape index (κ1) is 23.9. The first-order valence-corrected chi connectivity index (χ1v) is 10.7. The molecule has 0 aliphatic carbocycles. The number of amides is 2.